The van der Waals surface area contributed by atoms with Gasteiger partial charge in [-0.25, -0.2) is 13.2 Å². The Kier molecular flexibility index (Phi) is 3.51. The minimum atomic E-state index is -6.24. The second kappa shape index (κ2) is 3.67. The van der Waals surface area contributed by atoms with E-state index >= 15 is 0 Å². The monoisotopic (exact) mass is 215 g/mol. The van der Waals surface area contributed by atoms with Gasteiger partial charge in [0.2, 0.25) is 6.17 Å². The smallest absolute Gasteiger partial charge is 0.241 e. The maximum Gasteiger partial charge on any atom is 0.456 e. The van der Waals surface area contributed by atoms with Crippen LogP contribution < -0.4 is 0 Å². The predicted molar refractivity (Wildman–Crippen MR) is 26.2 cm³/mol. The molecule has 0 N–H and O–H groups in total. The quantitative estimate of drug-likeness (QED) is 0.635. The first-order valence-corrected chi connectivity index (χ1v) is 2.80. The van der Waals surface area contributed by atoms with E-state index in [0.717, 1.165) is 0 Å². The van der Waals surface area contributed by atoms with E-state index in [2.05, 4.69) is 0 Å². The molecule has 2 unspecified atom stereocenters. The summed E-state index contributed by atoms with van der Waals surface area (Å²) in [7, 11) is 0. The molecule has 0 aromatic carbocycles. The zero-order valence-corrected chi connectivity index (χ0v) is 5.76. The molecule has 1 radical (unpaired) electrons. The fourth-order valence-electron chi connectivity index (χ4n) is 0.420. The molecule has 13 heavy (non-hydrogen) atoms. The molecule has 0 aliphatic rings. The molecule has 0 spiro atoms. The number of hydrogen-bond donors (Lipinski definition) is 0. The third kappa shape index (κ3) is 2.44. The van der Waals surface area contributed by atoms with Crippen LogP contribution in [-0.2, 0) is 0 Å². The van der Waals surface area contributed by atoms with Gasteiger partial charge in [-0.1, -0.05) is 0 Å². The molecule has 0 fully saturated rings. The maximum atomic E-state index is 12.0. The van der Waals surface area contributed by atoms with Gasteiger partial charge in [-0.2, -0.15) is 22.0 Å². The lowest BCUT2D eigenvalue weighted by Crippen LogP contribution is -2.48. The van der Waals surface area contributed by atoms with E-state index < -0.39 is 31.1 Å². The van der Waals surface area contributed by atoms with E-state index in [1.807, 2.05) is 0 Å². The molecule has 0 aliphatic carbocycles. The molecule has 0 nitrogen and oxygen atoms in total. The van der Waals surface area contributed by atoms with Crippen LogP contribution in [0.1, 0.15) is 0 Å². The molecule has 0 aromatic heterocycles. The first-order valence-electron chi connectivity index (χ1n) is 2.80. The summed E-state index contributed by atoms with van der Waals surface area (Å²) in [6.07, 6.45) is -14.1. The van der Waals surface area contributed by atoms with Crippen molar-refractivity contribution in [2.75, 3.05) is 0 Å². The molecule has 0 bridgehead atoms. The van der Waals surface area contributed by atoms with Gasteiger partial charge in [0.15, 0.2) is 12.8 Å². The highest BCUT2D eigenvalue weighted by Crippen LogP contribution is 2.41. The third-order valence-electron chi connectivity index (χ3n) is 1.12. The number of halogens is 8. The highest BCUT2D eigenvalue weighted by molar-refractivity contribution is 4.91. The first kappa shape index (κ1) is 12.4. The van der Waals surface area contributed by atoms with Crippen LogP contribution in [0, 0.1) is 6.67 Å². The summed E-state index contributed by atoms with van der Waals surface area (Å²) in [6.45, 7) is -1.20. The van der Waals surface area contributed by atoms with Crippen molar-refractivity contribution in [3.8, 4) is 0 Å². The summed E-state index contributed by atoms with van der Waals surface area (Å²) in [5.41, 5.74) is 0. The van der Waals surface area contributed by atoms with Crippen molar-refractivity contribution >= 4 is 0 Å². The van der Waals surface area contributed by atoms with Crippen LogP contribution in [0.5, 0.6) is 0 Å². The largest absolute Gasteiger partial charge is 0.456 e. The lowest BCUT2D eigenvalue weighted by Gasteiger charge is -2.23. The van der Waals surface area contributed by atoms with Gasteiger partial charge in [0.1, 0.15) is 0 Å². The molecule has 79 valence electrons. The van der Waals surface area contributed by atoms with Crippen molar-refractivity contribution in [3.63, 3.8) is 0 Å². The summed E-state index contributed by atoms with van der Waals surface area (Å²) in [5, 5.41) is 0. The Labute approximate surface area is 67.5 Å². The van der Waals surface area contributed by atoms with E-state index in [4.69, 9.17) is 0 Å². The zero-order valence-electron chi connectivity index (χ0n) is 5.76. The molecule has 0 aromatic rings. The van der Waals surface area contributed by atoms with E-state index in [0.29, 0.717) is 0 Å². The Morgan fingerprint density at radius 2 is 1.31 bits per heavy atom. The Hall–Kier alpha value is -0.560. The number of alkyl halides is 7. The van der Waals surface area contributed by atoms with E-state index in [1.54, 1.807) is 0 Å². The van der Waals surface area contributed by atoms with Crippen molar-refractivity contribution in [3.05, 3.63) is 6.67 Å². The zero-order chi connectivity index (χ0) is 10.9. The Bertz CT molecular complexity index is 160. The van der Waals surface area contributed by atoms with Crippen LogP contribution in [-0.4, -0.2) is 24.4 Å². The summed E-state index contributed by atoms with van der Waals surface area (Å²) in [6, 6.07) is 0. The van der Waals surface area contributed by atoms with Gasteiger partial charge in [0.25, 0.3) is 0 Å². The maximum absolute atomic E-state index is 12.0. The molecule has 8 heteroatoms. The fraction of sp³-hybridized carbons (Fsp3) is 0.800. The van der Waals surface area contributed by atoms with Gasteiger partial charge in [-0.3, -0.25) is 0 Å². The highest BCUT2D eigenvalue weighted by atomic mass is 19.4. The van der Waals surface area contributed by atoms with Crippen LogP contribution in [0.25, 0.3) is 0 Å². The first-order chi connectivity index (χ1) is 5.64. The van der Waals surface area contributed by atoms with Gasteiger partial charge < -0.3 is 0 Å². The standard InChI is InChI=1S/C5H3F8/c6-1-2(7)3(8)4(9,10)5(11,12)13/h1-3H. The Balaban J connectivity index is 4.63. The highest BCUT2D eigenvalue weighted by Gasteiger charge is 2.65. The predicted octanol–water partition coefficient (Wildman–Crippen LogP) is 2.99. The van der Waals surface area contributed by atoms with Crippen molar-refractivity contribution in [2.24, 2.45) is 0 Å². The molecule has 0 rings (SSSR count). The molecule has 0 saturated heterocycles. The van der Waals surface area contributed by atoms with Gasteiger partial charge in [-0.15, -0.1) is 0 Å². The second-order valence-electron chi connectivity index (χ2n) is 2.09. The molecule has 0 aliphatic heterocycles. The van der Waals surface area contributed by atoms with Crippen LogP contribution in [0.2, 0.25) is 0 Å². The average Bonchev–Trinajstić information content (AvgIpc) is 1.99. The molecular weight excluding hydrogens is 212 g/mol. The van der Waals surface area contributed by atoms with Crippen molar-refractivity contribution < 1.29 is 35.1 Å². The van der Waals surface area contributed by atoms with Crippen LogP contribution >= 0.6 is 0 Å². The summed E-state index contributed by atoms with van der Waals surface area (Å²) in [4.78, 5) is 0. The molecule has 0 saturated carbocycles. The van der Waals surface area contributed by atoms with Crippen LogP contribution in [0.4, 0.5) is 35.1 Å². The van der Waals surface area contributed by atoms with E-state index in [9.17, 15) is 35.1 Å². The van der Waals surface area contributed by atoms with Gasteiger partial charge >= 0.3 is 12.1 Å². The molecular formula is C5H3F8. The van der Waals surface area contributed by atoms with E-state index in [-0.39, 0.29) is 0 Å². The van der Waals surface area contributed by atoms with Crippen LogP contribution in [0.15, 0.2) is 0 Å². The second-order valence-corrected chi connectivity index (χ2v) is 2.09. The number of hydrogen-bond acceptors (Lipinski definition) is 0. The lowest BCUT2D eigenvalue weighted by atomic mass is 10.1. The molecule has 2 atom stereocenters. The third-order valence-corrected chi connectivity index (χ3v) is 1.12. The van der Waals surface area contributed by atoms with Gasteiger partial charge in [0, 0.05) is 0 Å². The van der Waals surface area contributed by atoms with Crippen molar-refractivity contribution in [2.45, 2.75) is 24.4 Å². The van der Waals surface area contributed by atoms with Crippen molar-refractivity contribution in [1.82, 2.24) is 0 Å². The fourth-order valence-corrected chi connectivity index (χ4v) is 0.420. The average molecular weight is 215 g/mol. The Morgan fingerprint density at radius 3 is 1.54 bits per heavy atom. The summed E-state index contributed by atoms with van der Waals surface area (Å²) in [5.74, 6) is -5.89. The van der Waals surface area contributed by atoms with Crippen molar-refractivity contribution in [1.29, 1.82) is 0 Å². The van der Waals surface area contributed by atoms with E-state index in [1.165, 1.54) is 0 Å². The summed E-state index contributed by atoms with van der Waals surface area (Å²) >= 11 is 0. The topological polar surface area (TPSA) is 0 Å². The molecule has 0 amide bonds. The van der Waals surface area contributed by atoms with Gasteiger partial charge in [0.05, 0.1) is 0 Å². The Morgan fingerprint density at radius 1 is 0.923 bits per heavy atom. The minimum Gasteiger partial charge on any atom is -0.241 e. The lowest BCUT2D eigenvalue weighted by molar-refractivity contribution is -0.308. The molecule has 0 heterocycles. The normalized spacial score (nSPS) is 18.5. The summed E-state index contributed by atoms with van der Waals surface area (Å²) < 4.78 is 92.4. The van der Waals surface area contributed by atoms with Crippen LogP contribution in [0.3, 0.4) is 0 Å². The SMILES string of the molecule is F[CH]C(F)C(F)C(F)(F)C(F)(F)F. The number of rotatable bonds is 3. The van der Waals surface area contributed by atoms with Gasteiger partial charge in [-0.05, 0) is 0 Å². The minimum absolute atomic E-state index is 1.20.